The summed E-state index contributed by atoms with van der Waals surface area (Å²) in [6.45, 7) is 7.38. The van der Waals surface area contributed by atoms with Crippen LogP contribution in [-0.2, 0) is 6.42 Å². The number of aryl methyl sites for hydroxylation is 3. The molecule has 0 aliphatic heterocycles. The summed E-state index contributed by atoms with van der Waals surface area (Å²) in [7, 11) is 4.34. The van der Waals surface area contributed by atoms with E-state index in [2.05, 4.69) is 56.8 Å². The molecular weight excluding hydrogens is 278 g/mol. The monoisotopic (exact) mass is 308 g/mol. The SMILES string of the molecule is Cc1ccc(CCCNC(=S)NCCC[NH+](C)C)c(C)c1. The lowest BCUT2D eigenvalue weighted by Crippen LogP contribution is -3.05. The van der Waals surface area contributed by atoms with E-state index < -0.39 is 0 Å². The Morgan fingerprint density at radius 3 is 2.38 bits per heavy atom. The second-order valence-corrected chi connectivity index (χ2v) is 6.44. The van der Waals surface area contributed by atoms with Crippen molar-refractivity contribution in [1.82, 2.24) is 10.6 Å². The van der Waals surface area contributed by atoms with Crippen LogP contribution in [0.4, 0.5) is 0 Å². The van der Waals surface area contributed by atoms with Gasteiger partial charge in [0.05, 0.1) is 20.6 Å². The smallest absolute Gasteiger partial charge is 0.166 e. The molecule has 1 aromatic rings. The molecule has 0 unspecified atom stereocenters. The number of nitrogens with one attached hydrogen (secondary N) is 3. The molecule has 118 valence electrons. The van der Waals surface area contributed by atoms with Crippen molar-refractivity contribution in [3.63, 3.8) is 0 Å². The van der Waals surface area contributed by atoms with Crippen LogP contribution in [0.2, 0.25) is 0 Å². The molecule has 21 heavy (non-hydrogen) atoms. The number of benzene rings is 1. The first-order valence-corrected chi connectivity index (χ1v) is 8.26. The molecule has 0 atom stereocenters. The van der Waals surface area contributed by atoms with Crippen molar-refractivity contribution < 1.29 is 4.90 Å². The zero-order valence-electron chi connectivity index (χ0n) is 13.9. The van der Waals surface area contributed by atoms with Crippen molar-refractivity contribution in [2.45, 2.75) is 33.1 Å². The third-order valence-corrected chi connectivity index (χ3v) is 3.83. The van der Waals surface area contributed by atoms with Crippen LogP contribution in [0.15, 0.2) is 18.2 Å². The first kappa shape index (κ1) is 17.9. The highest BCUT2D eigenvalue weighted by molar-refractivity contribution is 7.80. The number of hydrogen-bond donors (Lipinski definition) is 3. The Hall–Kier alpha value is -1.13. The maximum absolute atomic E-state index is 5.28. The second-order valence-electron chi connectivity index (χ2n) is 6.03. The lowest BCUT2D eigenvalue weighted by Gasteiger charge is -2.12. The number of thiocarbonyl (C=S) groups is 1. The molecule has 0 bridgehead atoms. The highest BCUT2D eigenvalue weighted by Crippen LogP contribution is 2.12. The van der Waals surface area contributed by atoms with Crippen LogP contribution in [0.5, 0.6) is 0 Å². The lowest BCUT2D eigenvalue weighted by molar-refractivity contribution is -0.858. The van der Waals surface area contributed by atoms with Crippen LogP contribution in [0.3, 0.4) is 0 Å². The largest absolute Gasteiger partial charge is 0.363 e. The third-order valence-electron chi connectivity index (χ3n) is 3.55. The van der Waals surface area contributed by atoms with Crippen molar-refractivity contribution in [3.05, 3.63) is 34.9 Å². The fourth-order valence-electron chi connectivity index (χ4n) is 2.31. The molecule has 1 rings (SSSR count). The topological polar surface area (TPSA) is 28.5 Å². The minimum Gasteiger partial charge on any atom is -0.363 e. The standard InChI is InChI=1S/C17H29N3S/c1-14-8-9-16(15(2)13-14)7-5-10-18-17(21)19-11-6-12-20(3)4/h8-9,13H,5-7,10-12H2,1-4H3,(H2,18,19,21)/p+1. The van der Waals surface area contributed by atoms with E-state index in [0.717, 1.165) is 37.5 Å². The Kier molecular flexibility index (Phi) is 8.31. The van der Waals surface area contributed by atoms with Gasteiger partial charge in [0, 0.05) is 19.5 Å². The maximum atomic E-state index is 5.28. The Morgan fingerprint density at radius 2 is 1.76 bits per heavy atom. The van der Waals surface area contributed by atoms with Crippen LogP contribution in [-0.4, -0.2) is 38.8 Å². The van der Waals surface area contributed by atoms with Crippen LogP contribution in [0.1, 0.15) is 29.5 Å². The van der Waals surface area contributed by atoms with E-state index in [1.165, 1.54) is 28.1 Å². The third kappa shape index (κ3) is 8.02. The van der Waals surface area contributed by atoms with E-state index in [1.807, 2.05) is 0 Å². The second kappa shape index (κ2) is 9.74. The van der Waals surface area contributed by atoms with Gasteiger partial charge in [-0.05, 0) is 50.0 Å². The van der Waals surface area contributed by atoms with E-state index in [1.54, 1.807) is 0 Å². The molecule has 0 fully saturated rings. The van der Waals surface area contributed by atoms with Gasteiger partial charge >= 0.3 is 0 Å². The quantitative estimate of drug-likeness (QED) is 0.498. The summed E-state index contributed by atoms with van der Waals surface area (Å²) in [5.41, 5.74) is 4.16. The van der Waals surface area contributed by atoms with E-state index in [-0.39, 0.29) is 0 Å². The minimum absolute atomic E-state index is 0.782. The Bertz CT molecular complexity index is 444. The van der Waals surface area contributed by atoms with Gasteiger partial charge in [-0.25, -0.2) is 0 Å². The van der Waals surface area contributed by atoms with Crippen LogP contribution in [0.25, 0.3) is 0 Å². The van der Waals surface area contributed by atoms with Gasteiger partial charge in [-0.15, -0.1) is 0 Å². The first-order valence-electron chi connectivity index (χ1n) is 7.86. The van der Waals surface area contributed by atoms with Crippen molar-refractivity contribution in [2.75, 3.05) is 33.7 Å². The van der Waals surface area contributed by atoms with Crippen molar-refractivity contribution >= 4 is 17.3 Å². The highest BCUT2D eigenvalue weighted by Gasteiger charge is 2.00. The van der Waals surface area contributed by atoms with Crippen molar-refractivity contribution in [1.29, 1.82) is 0 Å². The molecule has 0 aliphatic rings. The summed E-state index contributed by atoms with van der Waals surface area (Å²) in [4.78, 5) is 1.48. The Morgan fingerprint density at radius 1 is 1.10 bits per heavy atom. The Labute approximate surface area is 135 Å². The van der Waals surface area contributed by atoms with Gasteiger partial charge in [-0.1, -0.05) is 23.8 Å². The van der Waals surface area contributed by atoms with Crippen molar-refractivity contribution in [2.24, 2.45) is 0 Å². The average molecular weight is 309 g/mol. The van der Waals surface area contributed by atoms with Gasteiger partial charge in [-0.2, -0.15) is 0 Å². The summed E-state index contributed by atoms with van der Waals surface area (Å²) in [6, 6.07) is 6.68. The number of hydrogen-bond acceptors (Lipinski definition) is 1. The van der Waals surface area contributed by atoms with Crippen LogP contribution >= 0.6 is 12.2 Å². The summed E-state index contributed by atoms with van der Waals surface area (Å²) < 4.78 is 0. The van der Waals surface area contributed by atoms with E-state index in [9.17, 15) is 0 Å². The zero-order valence-corrected chi connectivity index (χ0v) is 14.7. The Balaban J connectivity index is 2.12. The summed E-state index contributed by atoms with van der Waals surface area (Å²) in [5, 5.41) is 7.33. The zero-order chi connectivity index (χ0) is 15.7. The van der Waals surface area contributed by atoms with Crippen LogP contribution < -0.4 is 15.5 Å². The minimum atomic E-state index is 0.782. The molecule has 0 aliphatic carbocycles. The molecule has 0 heterocycles. The summed E-state index contributed by atoms with van der Waals surface area (Å²) in [5.74, 6) is 0. The van der Waals surface area contributed by atoms with Gasteiger partial charge in [0.2, 0.25) is 0 Å². The molecule has 0 amide bonds. The van der Waals surface area contributed by atoms with Crippen LogP contribution in [0, 0.1) is 13.8 Å². The molecule has 0 saturated carbocycles. The van der Waals surface area contributed by atoms with Gasteiger partial charge < -0.3 is 15.5 Å². The normalized spacial score (nSPS) is 10.7. The maximum Gasteiger partial charge on any atom is 0.166 e. The fraction of sp³-hybridized carbons (Fsp3) is 0.588. The van der Waals surface area contributed by atoms with Gasteiger partial charge in [0.25, 0.3) is 0 Å². The molecule has 3 N–H and O–H groups in total. The molecule has 0 spiro atoms. The highest BCUT2D eigenvalue weighted by atomic mass is 32.1. The fourth-order valence-corrected chi connectivity index (χ4v) is 2.52. The summed E-state index contributed by atoms with van der Waals surface area (Å²) >= 11 is 5.28. The predicted molar refractivity (Wildman–Crippen MR) is 95.1 cm³/mol. The molecule has 4 heteroatoms. The number of rotatable bonds is 8. The molecule has 0 saturated heterocycles. The number of quaternary nitrogens is 1. The predicted octanol–water partition coefficient (Wildman–Crippen LogP) is 1.23. The van der Waals surface area contributed by atoms with Gasteiger partial charge in [0.15, 0.2) is 5.11 Å². The molecule has 1 aromatic carbocycles. The molecular formula is C17H30N3S+. The summed E-state index contributed by atoms with van der Waals surface area (Å²) in [6.07, 6.45) is 3.35. The molecule has 3 nitrogen and oxygen atoms in total. The van der Waals surface area contributed by atoms with Crippen molar-refractivity contribution in [3.8, 4) is 0 Å². The van der Waals surface area contributed by atoms with Gasteiger partial charge in [0.1, 0.15) is 0 Å². The van der Waals surface area contributed by atoms with E-state index >= 15 is 0 Å². The molecule has 0 aromatic heterocycles. The van der Waals surface area contributed by atoms with Gasteiger partial charge in [-0.3, -0.25) is 0 Å². The first-order chi connectivity index (χ1) is 9.99. The molecule has 0 radical (unpaired) electrons. The van der Waals surface area contributed by atoms with E-state index in [0.29, 0.717) is 0 Å². The van der Waals surface area contributed by atoms with E-state index in [4.69, 9.17) is 12.2 Å². The lowest BCUT2D eigenvalue weighted by atomic mass is 10.0. The average Bonchev–Trinajstić information content (AvgIpc) is 2.41.